The van der Waals surface area contributed by atoms with Crippen molar-refractivity contribution in [1.82, 2.24) is 4.57 Å². The van der Waals surface area contributed by atoms with Crippen LogP contribution in [0.3, 0.4) is 0 Å². The average molecular weight is 1930 g/mol. The zero-order valence-corrected chi connectivity index (χ0v) is 79.8. The van der Waals surface area contributed by atoms with Crippen molar-refractivity contribution in [3.8, 4) is 128 Å². The van der Waals surface area contributed by atoms with Gasteiger partial charge in [0.1, 0.15) is 44.7 Å². The van der Waals surface area contributed by atoms with E-state index in [9.17, 15) is 0 Å². The first-order chi connectivity index (χ1) is 80.2. The number of hydrogen-bond donors (Lipinski definition) is 0. The highest BCUT2D eigenvalue weighted by atomic mass is 16.3. The third kappa shape index (κ3) is 14.6. The Labute approximate surface area is 886 Å². The van der Waals surface area contributed by atoms with Gasteiger partial charge < -0.3 is 22.2 Å². The number of hydrogen-bond acceptors (Lipinski definition) is 4. The molecule has 31 rings (SSSR count). The van der Waals surface area contributed by atoms with E-state index in [1.165, 1.54) is 10.8 Å². The molecule has 0 saturated heterocycles. The number of para-hydroxylation sites is 6. The lowest BCUT2D eigenvalue weighted by Crippen LogP contribution is -1.94. The Kier molecular flexibility index (Phi) is 17.9. The topological polar surface area (TPSA) is 57.5 Å². The molecule has 0 spiro atoms. The van der Waals surface area contributed by atoms with Crippen LogP contribution in [0.1, 0.15) is 28.0 Å². The number of fused-ring (bicyclic) bond motifs is 21. The summed E-state index contributed by atoms with van der Waals surface area (Å²) in [5, 5.41) is 21.4. The van der Waals surface area contributed by atoms with Crippen LogP contribution in [0.25, 0.3) is 302 Å². The molecule has 5 heterocycles. The molecule has 26 aromatic carbocycles. The molecule has 5 nitrogen and oxygen atoms in total. The van der Waals surface area contributed by atoms with Gasteiger partial charge in [-0.2, -0.15) is 0 Å². The standard InChI is InChI=1S/C56H35NO.C50H30O2.C38H24O.CH4/c1-3-15-37(16-4-1)53-44-20-7-9-22-46(44)54(47-23-10-8-21-45(47)53)38-29-27-36(28-30-38)41-33-34-52-56(48-24-12-14-26-51(48)58-52)55(41)39-31-32-43-42-19-11-13-25-49(42)57(50(43)35-39)40-17-5-2-6-18-40;1-2-12-32(13-3-1)47-37-15-4-6-17-39(37)48(40-18-7-5-16-38(40)47)33-24-22-31(23-25-33)35-27-29-46-50(41-19-9-11-21-44(41)52-46)49(35)34-26-28-45-42(30-34)36-14-8-10-20-43(36)51-45;1-2-12-25(13-3-1)36-29-16-4-6-18-31(29)37(32-19-7-5-17-30(32)36)27-15-10-14-26(24-27)28-21-11-23-35-38(28)33-20-8-9-22-34(33)39-35;/h1-35H;1-30H;1-24H;1H4/i1D,3D,4D,15D,16D;2*1D,2D,3D,12D,13D;. The Balaban J connectivity index is 0.000000117. The Morgan fingerprint density at radius 1 is 0.147 bits per heavy atom. The average Bonchev–Trinajstić information content (AvgIpc) is 1.64. The summed E-state index contributed by atoms with van der Waals surface area (Å²) in [5.41, 5.74) is 29.4. The Morgan fingerprint density at radius 2 is 0.427 bits per heavy atom. The zero-order valence-electron chi connectivity index (χ0n) is 94.8. The first-order valence-corrected chi connectivity index (χ1v) is 49.8. The fraction of sp³-hybridized carbons (Fsp3) is 0.00690. The van der Waals surface area contributed by atoms with E-state index in [2.05, 4.69) is 253 Å². The van der Waals surface area contributed by atoms with Crippen molar-refractivity contribution in [2.24, 2.45) is 0 Å². The second-order valence-electron chi connectivity index (χ2n) is 37.7. The van der Waals surface area contributed by atoms with Crippen LogP contribution in [-0.4, -0.2) is 4.57 Å². The highest BCUT2D eigenvalue weighted by Crippen LogP contribution is 2.54. The Bertz CT molecular complexity index is 11600. The first-order valence-electron chi connectivity index (χ1n) is 57.3. The van der Waals surface area contributed by atoms with Crippen LogP contribution in [0.4, 0.5) is 0 Å². The van der Waals surface area contributed by atoms with E-state index in [1.807, 2.05) is 200 Å². The van der Waals surface area contributed by atoms with Crippen molar-refractivity contribution < 1.29 is 38.2 Å². The van der Waals surface area contributed by atoms with Gasteiger partial charge in [0.15, 0.2) is 0 Å². The van der Waals surface area contributed by atoms with Crippen LogP contribution < -0.4 is 0 Å². The van der Waals surface area contributed by atoms with Gasteiger partial charge in [-0.1, -0.05) is 462 Å². The summed E-state index contributed by atoms with van der Waals surface area (Å²) < 4.78 is 156. The van der Waals surface area contributed by atoms with Gasteiger partial charge in [-0.25, -0.2) is 0 Å². The molecule has 0 unspecified atom stereocenters. The minimum Gasteiger partial charge on any atom is -0.456 e. The maximum absolute atomic E-state index is 8.95. The highest BCUT2D eigenvalue weighted by molar-refractivity contribution is 6.27. The van der Waals surface area contributed by atoms with Gasteiger partial charge in [0.2, 0.25) is 0 Å². The molecule has 0 fully saturated rings. The molecule has 5 heteroatoms. The van der Waals surface area contributed by atoms with E-state index >= 15 is 0 Å². The summed E-state index contributed by atoms with van der Waals surface area (Å²) in [6.45, 7) is 0. The fourth-order valence-corrected chi connectivity index (χ4v) is 23.3. The van der Waals surface area contributed by atoms with Crippen molar-refractivity contribution in [2.45, 2.75) is 7.43 Å². The van der Waals surface area contributed by atoms with E-state index in [0.29, 0.717) is 16.7 Å². The van der Waals surface area contributed by atoms with Gasteiger partial charge in [-0.3, -0.25) is 0 Å². The van der Waals surface area contributed by atoms with Gasteiger partial charge in [0.05, 0.1) is 31.6 Å². The number of nitrogens with zero attached hydrogens (tertiary/aromatic N) is 1. The summed E-state index contributed by atoms with van der Waals surface area (Å²) in [6.07, 6.45) is 0. The molecule has 0 aliphatic rings. The summed E-state index contributed by atoms with van der Waals surface area (Å²) in [5.74, 6) is 0. The van der Waals surface area contributed by atoms with Crippen molar-refractivity contribution in [1.29, 1.82) is 0 Å². The van der Waals surface area contributed by atoms with Crippen molar-refractivity contribution in [3.63, 3.8) is 0 Å². The maximum atomic E-state index is 8.95. The van der Waals surface area contributed by atoms with Gasteiger partial charge in [0.25, 0.3) is 0 Å². The molecule has 0 radical (unpaired) electrons. The monoisotopic (exact) mass is 1930 g/mol. The van der Waals surface area contributed by atoms with E-state index in [4.69, 9.17) is 38.2 Å². The molecule has 0 amide bonds. The van der Waals surface area contributed by atoms with Gasteiger partial charge in [-0.05, 0) is 261 Å². The van der Waals surface area contributed by atoms with E-state index in [0.717, 1.165) is 258 Å². The van der Waals surface area contributed by atoms with E-state index < -0.39 is 18.1 Å². The quantitative estimate of drug-likeness (QED) is 0.114. The normalized spacial score (nSPS) is 13.1. The largest absolute Gasteiger partial charge is 0.456 e. The number of furan rings is 4. The molecule has 0 aliphatic carbocycles. The zero-order chi connectivity index (χ0) is 111. The molecule has 0 N–H and O–H groups in total. The predicted molar refractivity (Wildman–Crippen MR) is 634 cm³/mol. The second kappa shape index (κ2) is 36.5. The van der Waals surface area contributed by atoms with Crippen molar-refractivity contribution in [3.05, 3.63) is 540 Å². The first kappa shape index (κ1) is 73.4. The van der Waals surface area contributed by atoms with Gasteiger partial charge >= 0.3 is 0 Å². The summed E-state index contributed by atoms with van der Waals surface area (Å²) >= 11 is 0. The highest BCUT2D eigenvalue weighted by Gasteiger charge is 2.28. The van der Waals surface area contributed by atoms with E-state index in [-0.39, 0.29) is 96.6 Å². The SMILES string of the molecule is C.[2H]c1c([2H])c([2H])c(-c2c3ccccc3c(-c3ccc(-c4ccc5oc6ccccc6c5c4-c4ccc5c6ccccc6n(-c6ccccc6)c5c4)cc3)c3ccccc23)c([2H])c1[2H].[2H]c1c([2H])c([2H])c(-c2c3ccccc3c(-c3ccc(-c4ccc5oc6ccccc6c5c4-c4ccc5oc6ccccc6c5c4)cc3)c3ccccc23)c([2H])c1[2H].[2H]c1c([2H])c([2H])c(-c2c3ccccc3c(-c3cccc(-c4cccc5oc6ccccc6c45)c3)c3ccccc23)c([2H])c1[2H]. The van der Waals surface area contributed by atoms with Crippen LogP contribution in [0, 0.1) is 0 Å². The summed E-state index contributed by atoms with van der Waals surface area (Å²) in [6, 6.07) is 149. The van der Waals surface area contributed by atoms with Crippen molar-refractivity contribution in [2.75, 3.05) is 0 Å². The molecular weight excluding hydrogens is 1820 g/mol. The van der Waals surface area contributed by atoms with Crippen LogP contribution in [-0.2, 0) is 0 Å². The molecule has 31 aromatic rings. The molecule has 150 heavy (non-hydrogen) atoms. The molecule has 0 saturated carbocycles. The minimum atomic E-state index is -0.405. The van der Waals surface area contributed by atoms with Crippen LogP contribution in [0.5, 0.6) is 0 Å². The number of aromatic nitrogens is 1. The molecule has 5 aromatic heterocycles. The summed E-state index contributed by atoms with van der Waals surface area (Å²) in [4.78, 5) is 0. The lowest BCUT2D eigenvalue weighted by Gasteiger charge is -2.18. The maximum Gasteiger partial charge on any atom is 0.136 e. The molecular formula is C145H93NO4. The van der Waals surface area contributed by atoms with Crippen molar-refractivity contribution >= 4 is 174 Å². The van der Waals surface area contributed by atoms with E-state index in [1.54, 1.807) is 0 Å². The lowest BCUT2D eigenvalue weighted by atomic mass is 9.85. The second-order valence-corrected chi connectivity index (χ2v) is 37.7. The number of benzene rings is 26. The Hall–Kier alpha value is -19.7. The fourth-order valence-electron chi connectivity index (χ4n) is 23.3. The van der Waals surface area contributed by atoms with Crippen LogP contribution in [0.15, 0.2) is 557 Å². The predicted octanol–water partition coefficient (Wildman–Crippen LogP) is 41.6. The van der Waals surface area contributed by atoms with Crippen LogP contribution >= 0.6 is 0 Å². The third-order valence-electron chi connectivity index (χ3n) is 29.6. The minimum absolute atomic E-state index is 0. The number of rotatable bonds is 12. The Morgan fingerprint density at radius 3 is 0.860 bits per heavy atom. The molecule has 0 bridgehead atoms. The molecule has 702 valence electrons. The van der Waals surface area contributed by atoms with Crippen LogP contribution in [0.2, 0.25) is 0 Å². The smallest absolute Gasteiger partial charge is 0.136 e. The summed E-state index contributed by atoms with van der Waals surface area (Å²) in [7, 11) is 0. The lowest BCUT2D eigenvalue weighted by molar-refractivity contribution is 0.668. The van der Waals surface area contributed by atoms with Gasteiger partial charge in [0, 0.05) is 70.7 Å². The molecule has 0 atom stereocenters. The third-order valence-corrected chi connectivity index (χ3v) is 29.6. The van der Waals surface area contributed by atoms with Gasteiger partial charge in [-0.15, -0.1) is 0 Å². The molecule has 0 aliphatic heterocycles.